The molecule has 214 valence electrons. The van der Waals surface area contributed by atoms with Crippen molar-refractivity contribution in [3.63, 3.8) is 0 Å². The molecule has 0 aromatic heterocycles. The molecule has 0 unspecified atom stereocenters. The predicted molar refractivity (Wildman–Crippen MR) is 157 cm³/mol. The van der Waals surface area contributed by atoms with E-state index in [1.54, 1.807) is 24.3 Å². The summed E-state index contributed by atoms with van der Waals surface area (Å²) in [6.45, 7) is 8.74. The Hall–Kier alpha value is -3.72. The van der Waals surface area contributed by atoms with Gasteiger partial charge < -0.3 is 10.2 Å². The molecule has 3 aromatic carbocycles. The Kier molecular flexibility index (Phi) is 9.73. The van der Waals surface area contributed by atoms with Gasteiger partial charge in [-0.25, -0.2) is 12.8 Å². The molecule has 0 aliphatic heterocycles. The van der Waals surface area contributed by atoms with E-state index in [0.717, 1.165) is 27.3 Å². The minimum absolute atomic E-state index is 0.0153. The average molecular weight is 568 g/mol. The highest BCUT2D eigenvalue weighted by molar-refractivity contribution is 7.92. The van der Waals surface area contributed by atoms with Crippen LogP contribution in [0.1, 0.15) is 43.0 Å². The van der Waals surface area contributed by atoms with Crippen LogP contribution in [0.5, 0.6) is 0 Å². The van der Waals surface area contributed by atoms with E-state index in [1.807, 2.05) is 71.0 Å². The number of halogens is 1. The summed E-state index contributed by atoms with van der Waals surface area (Å²) in [6, 6.07) is 19.4. The third-order valence-electron chi connectivity index (χ3n) is 6.21. The van der Waals surface area contributed by atoms with E-state index in [2.05, 4.69) is 5.32 Å². The van der Waals surface area contributed by atoms with Gasteiger partial charge in [0.25, 0.3) is 0 Å². The first kappa shape index (κ1) is 30.8. The predicted octanol–water partition coefficient (Wildman–Crippen LogP) is 4.76. The summed E-state index contributed by atoms with van der Waals surface area (Å²) in [7, 11) is -3.86. The van der Waals surface area contributed by atoms with Crippen LogP contribution in [0, 0.1) is 19.7 Å². The zero-order valence-corrected chi connectivity index (χ0v) is 24.8. The van der Waals surface area contributed by atoms with Crippen LogP contribution in [0.15, 0.2) is 72.8 Å². The van der Waals surface area contributed by atoms with Crippen LogP contribution in [0.25, 0.3) is 0 Å². The molecule has 7 nitrogen and oxygen atoms in total. The number of hydrogen-bond donors (Lipinski definition) is 1. The second-order valence-corrected chi connectivity index (χ2v) is 13.1. The van der Waals surface area contributed by atoms with E-state index >= 15 is 0 Å². The van der Waals surface area contributed by atoms with Crippen LogP contribution in [0.4, 0.5) is 10.1 Å². The Bertz CT molecular complexity index is 1420. The number of rotatable bonds is 10. The van der Waals surface area contributed by atoms with Gasteiger partial charge in [-0.1, -0.05) is 48.5 Å². The molecule has 0 aliphatic carbocycles. The first-order valence-corrected chi connectivity index (χ1v) is 14.9. The molecule has 3 aromatic rings. The number of hydrogen-bond acceptors (Lipinski definition) is 4. The molecule has 0 saturated heterocycles. The lowest BCUT2D eigenvalue weighted by atomic mass is 10.0. The monoisotopic (exact) mass is 567 g/mol. The highest BCUT2D eigenvalue weighted by Crippen LogP contribution is 2.23. The zero-order chi connectivity index (χ0) is 29.7. The minimum atomic E-state index is -3.86. The summed E-state index contributed by atoms with van der Waals surface area (Å²) in [4.78, 5) is 29.2. The number of aryl methyl sites for hydroxylation is 2. The summed E-state index contributed by atoms with van der Waals surface area (Å²) in [5.74, 6) is -1.35. The van der Waals surface area contributed by atoms with Crippen molar-refractivity contribution in [3.8, 4) is 0 Å². The van der Waals surface area contributed by atoms with E-state index in [1.165, 1.54) is 17.0 Å². The fraction of sp³-hybridized carbons (Fsp3) is 0.355. The standard InChI is InChI=1S/C31H38FN3O4S/c1-22-16-23(2)18-27(17-22)35(40(6,38)39)21-29(36)34(20-25-12-14-26(32)15-13-25)28(30(37)33-31(3,4)5)19-24-10-8-7-9-11-24/h7-18,28H,19-21H2,1-6H3,(H,33,37)/t28-/m1/s1. The zero-order valence-electron chi connectivity index (χ0n) is 23.9. The number of carbonyl (C=O) groups excluding carboxylic acids is 2. The summed E-state index contributed by atoms with van der Waals surface area (Å²) < 4.78 is 40.6. The second-order valence-electron chi connectivity index (χ2n) is 11.2. The van der Waals surface area contributed by atoms with Gasteiger partial charge in [-0.2, -0.15) is 0 Å². The smallest absolute Gasteiger partial charge is 0.244 e. The van der Waals surface area contributed by atoms with Crippen molar-refractivity contribution in [1.82, 2.24) is 10.2 Å². The van der Waals surface area contributed by atoms with Crippen LogP contribution in [-0.4, -0.2) is 49.5 Å². The Labute approximate surface area is 237 Å². The van der Waals surface area contributed by atoms with Gasteiger partial charge in [0.15, 0.2) is 0 Å². The number of anilines is 1. The number of nitrogens with zero attached hydrogens (tertiary/aromatic N) is 2. The Morgan fingerprint density at radius 2 is 1.48 bits per heavy atom. The molecule has 0 spiro atoms. The molecular formula is C31H38FN3O4S. The number of carbonyl (C=O) groups is 2. The topological polar surface area (TPSA) is 86.8 Å². The molecule has 0 fully saturated rings. The third-order valence-corrected chi connectivity index (χ3v) is 7.35. The lowest BCUT2D eigenvalue weighted by Gasteiger charge is -2.35. The quantitative estimate of drug-likeness (QED) is 0.383. The lowest BCUT2D eigenvalue weighted by Crippen LogP contribution is -2.56. The van der Waals surface area contributed by atoms with Crippen molar-refractivity contribution in [2.24, 2.45) is 0 Å². The molecule has 1 atom stereocenters. The van der Waals surface area contributed by atoms with Crippen LogP contribution >= 0.6 is 0 Å². The first-order chi connectivity index (χ1) is 18.6. The van der Waals surface area contributed by atoms with Crippen molar-refractivity contribution in [2.75, 3.05) is 17.1 Å². The maximum absolute atomic E-state index is 14.1. The molecule has 0 bridgehead atoms. The first-order valence-electron chi connectivity index (χ1n) is 13.1. The number of amides is 2. The molecule has 3 rings (SSSR count). The molecule has 2 amide bonds. The van der Waals surface area contributed by atoms with Crippen LogP contribution in [-0.2, 0) is 32.6 Å². The highest BCUT2D eigenvalue weighted by atomic mass is 32.2. The Morgan fingerprint density at radius 1 is 0.900 bits per heavy atom. The molecule has 9 heteroatoms. The van der Waals surface area contributed by atoms with Crippen molar-refractivity contribution in [1.29, 1.82) is 0 Å². The summed E-state index contributed by atoms with van der Waals surface area (Å²) in [6.07, 6.45) is 1.26. The largest absolute Gasteiger partial charge is 0.350 e. The fourth-order valence-electron chi connectivity index (χ4n) is 4.50. The van der Waals surface area contributed by atoms with Gasteiger partial charge in [0, 0.05) is 18.5 Å². The molecule has 0 heterocycles. The number of benzene rings is 3. The van der Waals surface area contributed by atoms with Gasteiger partial charge in [0.2, 0.25) is 21.8 Å². The highest BCUT2D eigenvalue weighted by Gasteiger charge is 2.34. The number of nitrogens with one attached hydrogen (secondary N) is 1. The maximum atomic E-state index is 14.1. The Morgan fingerprint density at radius 3 is 2.00 bits per heavy atom. The van der Waals surface area contributed by atoms with E-state index in [0.29, 0.717) is 11.3 Å². The van der Waals surface area contributed by atoms with Gasteiger partial charge in [-0.15, -0.1) is 0 Å². The number of sulfonamides is 1. The molecule has 0 saturated carbocycles. The van der Waals surface area contributed by atoms with Gasteiger partial charge in [0.1, 0.15) is 18.4 Å². The fourth-order valence-corrected chi connectivity index (χ4v) is 5.34. The molecule has 1 N–H and O–H groups in total. The van der Waals surface area contributed by atoms with Gasteiger partial charge in [-0.05, 0) is 81.1 Å². The SMILES string of the molecule is Cc1cc(C)cc(N(CC(=O)N(Cc2ccc(F)cc2)[C@H](Cc2ccccc2)C(=O)NC(C)(C)C)S(C)(=O)=O)c1. The van der Waals surface area contributed by atoms with Crippen LogP contribution in [0.3, 0.4) is 0 Å². The van der Waals surface area contributed by atoms with E-state index in [4.69, 9.17) is 0 Å². The summed E-state index contributed by atoms with van der Waals surface area (Å²) in [5.41, 5.74) is 2.94. The van der Waals surface area contributed by atoms with E-state index in [-0.39, 0.29) is 18.9 Å². The summed E-state index contributed by atoms with van der Waals surface area (Å²) in [5, 5.41) is 2.98. The maximum Gasteiger partial charge on any atom is 0.244 e. The Balaban J connectivity index is 2.08. The normalized spacial score (nSPS) is 12.5. The van der Waals surface area contributed by atoms with Crippen molar-refractivity contribution in [2.45, 2.75) is 59.2 Å². The van der Waals surface area contributed by atoms with Crippen molar-refractivity contribution >= 4 is 27.5 Å². The molecule has 0 aliphatic rings. The van der Waals surface area contributed by atoms with Crippen molar-refractivity contribution in [3.05, 3.63) is 101 Å². The van der Waals surface area contributed by atoms with Crippen LogP contribution in [0.2, 0.25) is 0 Å². The molecule has 40 heavy (non-hydrogen) atoms. The molecular weight excluding hydrogens is 529 g/mol. The second kappa shape index (κ2) is 12.6. The van der Waals surface area contributed by atoms with Crippen LogP contribution < -0.4 is 9.62 Å². The van der Waals surface area contributed by atoms with Gasteiger partial charge in [-0.3, -0.25) is 13.9 Å². The lowest BCUT2D eigenvalue weighted by molar-refractivity contribution is -0.140. The summed E-state index contributed by atoms with van der Waals surface area (Å²) >= 11 is 0. The van der Waals surface area contributed by atoms with E-state index < -0.39 is 39.9 Å². The van der Waals surface area contributed by atoms with Crippen molar-refractivity contribution < 1.29 is 22.4 Å². The van der Waals surface area contributed by atoms with Gasteiger partial charge in [0.05, 0.1) is 11.9 Å². The average Bonchev–Trinajstić information content (AvgIpc) is 2.84. The van der Waals surface area contributed by atoms with E-state index in [9.17, 15) is 22.4 Å². The minimum Gasteiger partial charge on any atom is -0.350 e. The third kappa shape index (κ3) is 8.91. The molecule has 0 radical (unpaired) electrons. The van der Waals surface area contributed by atoms with Gasteiger partial charge >= 0.3 is 0 Å².